The van der Waals surface area contributed by atoms with Crippen molar-refractivity contribution >= 4 is 23.1 Å². The van der Waals surface area contributed by atoms with Crippen molar-refractivity contribution in [1.29, 1.82) is 0 Å². The maximum atomic E-state index is 5.55. The second-order valence-electron chi connectivity index (χ2n) is 5.51. The van der Waals surface area contributed by atoms with Crippen LogP contribution in [0.5, 0.6) is 5.75 Å². The number of hydrogen-bond acceptors (Lipinski definition) is 7. The second-order valence-corrected chi connectivity index (χ2v) is 7.40. The summed E-state index contributed by atoms with van der Waals surface area (Å²) in [6.07, 6.45) is 0. The average molecular weight is 384 g/mol. The van der Waals surface area contributed by atoms with Crippen LogP contribution in [0.15, 0.2) is 57.5 Å². The van der Waals surface area contributed by atoms with Crippen LogP contribution >= 0.6 is 23.1 Å². The number of aromatic nitrogens is 4. The van der Waals surface area contributed by atoms with Crippen LogP contribution in [-0.2, 0) is 5.75 Å². The minimum atomic E-state index is 0.624. The maximum absolute atomic E-state index is 5.55. The van der Waals surface area contributed by atoms with Gasteiger partial charge < -0.3 is 9.26 Å². The van der Waals surface area contributed by atoms with Crippen LogP contribution in [0.2, 0.25) is 0 Å². The van der Waals surface area contributed by atoms with Crippen molar-refractivity contribution in [2.75, 3.05) is 7.11 Å². The van der Waals surface area contributed by atoms with E-state index in [0.29, 0.717) is 5.75 Å². The molecule has 132 valence electrons. The molecule has 0 radical (unpaired) electrons. The Morgan fingerprint density at radius 3 is 2.81 bits per heavy atom. The summed E-state index contributed by atoms with van der Waals surface area (Å²) < 4.78 is 12.9. The number of thioether (sulfide) groups is 1. The number of benzene rings is 1. The molecule has 4 aromatic rings. The Kier molecular flexibility index (Phi) is 4.77. The van der Waals surface area contributed by atoms with E-state index in [2.05, 4.69) is 15.4 Å². The van der Waals surface area contributed by atoms with Crippen LogP contribution in [-0.4, -0.2) is 27.0 Å². The van der Waals surface area contributed by atoms with Crippen LogP contribution in [0, 0.1) is 6.92 Å². The van der Waals surface area contributed by atoms with Gasteiger partial charge in [0.25, 0.3) is 0 Å². The molecule has 4 rings (SSSR count). The molecular formula is C18H16N4O2S2. The summed E-state index contributed by atoms with van der Waals surface area (Å²) in [5.74, 6) is 2.99. The van der Waals surface area contributed by atoms with E-state index in [1.165, 1.54) is 0 Å². The molecule has 6 nitrogen and oxygen atoms in total. The van der Waals surface area contributed by atoms with Crippen molar-refractivity contribution in [1.82, 2.24) is 19.9 Å². The average Bonchev–Trinajstić information content (AvgIpc) is 3.40. The maximum Gasteiger partial charge on any atom is 0.196 e. The molecule has 0 fully saturated rings. The van der Waals surface area contributed by atoms with Crippen LogP contribution < -0.4 is 4.74 Å². The van der Waals surface area contributed by atoms with E-state index >= 15 is 0 Å². The fraction of sp³-hybridized carbons (Fsp3) is 0.167. The fourth-order valence-electron chi connectivity index (χ4n) is 2.58. The van der Waals surface area contributed by atoms with E-state index in [9.17, 15) is 0 Å². The monoisotopic (exact) mass is 384 g/mol. The lowest BCUT2D eigenvalue weighted by Crippen LogP contribution is -2.01. The Bertz CT molecular complexity index is 1010. The lowest BCUT2D eigenvalue weighted by atomic mass is 10.3. The predicted molar refractivity (Wildman–Crippen MR) is 102 cm³/mol. The number of thiophene rings is 1. The van der Waals surface area contributed by atoms with Gasteiger partial charge in [0.2, 0.25) is 0 Å². The summed E-state index contributed by atoms with van der Waals surface area (Å²) in [5.41, 5.74) is 1.77. The summed E-state index contributed by atoms with van der Waals surface area (Å²) in [7, 11) is 1.66. The fourth-order valence-corrected chi connectivity index (χ4v) is 4.10. The van der Waals surface area contributed by atoms with Crippen LogP contribution in [0.1, 0.15) is 11.5 Å². The molecular weight excluding hydrogens is 368 g/mol. The van der Waals surface area contributed by atoms with Crippen molar-refractivity contribution in [3.05, 3.63) is 59.3 Å². The van der Waals surface area contributed by atoms with Gasteiger partial charge in [-0.1, -0.05) is 35.1 Å². The highest BCUT2D eigenvalue weighted by Crippen LogP contribution is 2.34. The van der Waals surface area contributed by atoms with Crippen LogP contribution in [0.25, 0.3) is 16.4 Å². The number of methoxy groups -OCH3 is 1. The topological polar surface area (TPSA) is 66.0 Å². The molecule has 0 spiro atoms. The number of para-hydroxylation sites is 2. The lowest BCUT2D eigenvalue weighted by molar-refractivity contribution is 0.391. The third-order valence-corrected chi connectivity index (χ3v) is 5.54. The number of nitrogens with zero attached hydrogens (tertiary/aromatic N) is 4. The molecule has 0 N–H and O–H groups in total. The van der Waals surface area contributed by atoms with Crippen LogP contribution in [0.4, 0.5) is 0 Å². The predicted octanol–water partition coefficient (Wildman–Crippen LogP) is 4.59. The van der Waals surface area contributed by atoms with Gasteiger partial charge in [0.05, 0.1) is 29.1 Å². The summed E-state index contributed by atoms with van der Waals surface area (Å²) >= 11 is 3.18. The molecule has 0 unspecified atom stereocenters. The highest BCUT2D eigenvalue weighted by atomic mass is 32.2. The largest absolute Gasteiger partial charge is 0.495 e. The first-order valence-electron chi connectivity index (χ1n) is 7.94. The van der Waals surface area contributed by atoms with Gasteiger partial charge in [-0.05, 0) is 30.5 Å². The number of hydrogen-bond donors (Lipinski definition) is 0. The molecule has 0 atom stereocenters. The first-order valence-corrected chi connectivity index (χ1v) is 9.80. The Morgan fingerprint density at radius 1 is 1.19 bits per heavy atom. The van der Waals surface area contributed by atoms with E-state index in [1.54, 1.807) is 30.2 Å². The van der Waals surface area contributed by atoms with Crippen molar-refractivity contribution in [3.63, 3.8) is 0 Å². The third kappa shape index (κ3) is 3.25. The minimum Gasteiger partial charge on any atom is -0.495 e. The Morgan fingerprint density at radius 2 is 2.08 bits per heavy atom. The van der Waals surface area contributed by atoms with E-state index < -0.39 is 0 Å². The highest BCUT2D eigenvalue weighted by molar-refractivity contribution is 7.98. The van der Waals surface area contributed by atoms with Gasteiger partial charge in [0, 0.05) is 6.07 Å². The Labute approximate surface area is 158 Å². The van der Waals surface area contributed by atoms with E-state index in [4.69, 9.17) is 9.26 Å². The first kappa shape index (κ1) is 16.9. The van der Waals surface area contributed by atoms with Gasteiger partial charge in [-0.2, -0.15) is 0 Å². The lowest BCUT2D eigenvalue weighted by Gasteiger charge is -2.12. The zero-order valence-electron chi connectivity index (χ0n) is 14.2. The highest BCUT2D eigenvalue weighted by Gasteiger charge is 2.19. The SMILES string of the molecule is COc1ccccc1-n1c(SCc2cc(C)no2)nnc1-c1cccs1. The number of aryl methyl sites for hydroxylation is 1. The molecule has 8 heteroatoms. The summed E-state index contributed by atoms with van der Waals surface area (Å²) in [5, 5.41) is 15.6. The van der Waals surface area contributed by atoms with Crippen molar-refractivity contribution < 1.29 is 9.26 Å². The second kappa shape index (κ2) is 7.35. The molecule has 0 aliphatic rings. The zero-order chi connectivity index (χ0) is 17.9. The zero-order valence-corrected chi connectivity index (χ0v) is 15.9. The minimum absolute atomic E-state index is 0.624. The van der Waals surface area contributed by atoms with Gasteiger partial charge in [0.15, 0.2) is 11.0 Å². The summed E-state index contributed by atoms with van der Waals surface area (Å²) in [6.45, 7) is 1.91. The van der Waals surface area contributed by atoms with Gasteiger partial charge in [0.1, 0.15) is 11.5 Å². The molecule has 0 amide bonds. The normalized spacial score (nSPS) is 11.0. The Balaban J connectivity index is 1.76. The van der Waals surface area contributed by atoms with Gasteiger partial charge in [-0.3, -0.25) is 4.57 Å². The van der Waals surface area contributed by atoms with Gasteiger partial charge in [-0.15, -0.1) is 21.5 Å². The van der Waals surface area contributed by atoms with Crippen molar-refractivity contribution in [2.45, 2.75) is 17.8 Å². The molecule has 1 aromatic carbocycles. The van der Waals surface area contributed by atoms with Crippen LogP contribution in [0.3, 0.4) is 0 Å². The standard InChI is InChI=1S/C18H16N4O2S2/c1-12-10-13(24-21-12)11-26-18-20-19-17(16-8-5-9-25-16)22(18)14-6-3-4-7-15(14)23-2/h3-10H,11H2,1-2H3. The van der Waals surface area contributed by atoms with E-state index in [-0.39, 0.29) is 0 Å². The van der Waals surface area contributed by atoms with Gasteiger partial charge >= 0.3 is 0 Å². The molecule has 0 saturated carbocycles. The molecule has 0 aliphatic carbocycles. The first-order chi connectivity index (χ1) is 12.8. The molecule has 26 heavy (non-hydrogen) atoms. The number of rotatable bonds is 6. The smallest absolute Gasteiger partial charge is 0.196 e. The van der Waals surface area contributed by atoms with E-state index in [1.807, 2.05) is 59.3 Å². The summed E-state index contributed by atoms with van der Waals surface area (Å²) in [4.78, 5) is 1.05. The molecule has 0 bridgehead atoms. The molecule has 3 aromatic heterocycles. The van der Waals surface area contributed by atoms with Gasteiger partial charge in [-0.25, -0.2) is 0 Å². The van der Waals surface area contributed by atoms with E-state index in [0.717, 1.165) is 38.7 Å². The molecule has 3 heterocycles. The molecule has 0 saturated heterocycles. The quantitative estimate of drug-likeness (QED) is 0.453. The number of ether oxygens (including phenoxy) is 1. The third-order valence-electron chi connectivity index (χ3n) is 3.72. The summed E-state index contributed by atoms with van der Waals surface area (Å²) in [6, 6.07) is 13.8. The Hall–Kier alpha value is -2.58. The molecule has 0 aliphatic heterocycles. The van der Waals surface area contributed by atoms with Crippen molar-refractivity contribution in [2.24, 2.45) is 0 Å². The van der Waals surface area contributed by atoms with Crippen molar-refractivity contribution in [3.8, 4) is 22.1 Å².